The Morgan fingerprint density at radius 3 is 2.11 bits per heavy atom. The van der Waals surface area contributed by atoms with Crippen molar-refractivity contribution >= 4 is 17.2 Å². The summed E-state index contributed by atoms with van der Waals surface area (Å²) in [4.78, 5) is 16.4. The predicted molar refractivity (Wildman–Crippen MR) is 84.3 cm³/mol. The Balaban J connectivity index is 1.97. The van der Waals surface area contributed by atoms with Gasteiger partial charge in [-0.05, 0) is 37.3 Å². The van der Waals surface area contributed by atoms with Crippen LogP contribution in [0.1, 0.15) is 27.2 Å². The summed E-state index contributed by atoms with van der Waals surface area (Å²) < 4.78 is 78.9. The zero-order valence-corrected chi connectivity index (χ0v) is 13.6. The van der Waals surface area contributed by atoms with Crippen molar-refractivity contribution in [3.8, 4) is 0 Å². The number of halogens is 6. The standard InChI is InChI=1S/C17H11F6N3O/c1-9-7-26-8-13(2-3-14(26)24-9)25-15(27)10-4-11(16(18,19)20)6-12(5-10)17(21,22)23/h2-8H,1H3,(H,25,27). The summed E-state index contributed by atoms with van der Waals surface area (Å²) in [5.74, 6) is -1.09. The number of aromatic nitrogens is 2. The zero-order chi connectivity index (χ0) is 20.0. The topological polar surface area (TPSA) is 46.4 Å². The maximum Gasteiger partial charge on any atom is 0.416 e. The van der Waals surface area contributed by atoms with Gasteiger partial charge in [-0.3, -0.25) is 4.79 Å². The number of hydrogen-bond acceptors (Lipinski definition) is 2. The fourth-order valence-corrected chi connectivity index (χ4v) is 2.48. The maximum atomic E-state index is 12.9. The third-order valence-corrected chi connectivity index (χ3v) is 3.68. The molecule has 0 radical (unpaired) electrons. The Morgan fingerprint density at radius 1 is 0.963 bits per heavy atom. The van der Waals surface area contributed by atoms with Crippen LogP contribution in [-0.2, 0) is 12.4 Å². The number of nitrogens with one attached hydrogen (secondary N) is 1. The van der Waals surface area contributed by atoms with E-state index >= 15 is 0 Å². The Kier molecular flexibility index (Phi) is 4.37. The van der Waals surface area contributed by atoms with E-state index in [1.165, 1.54) is 12.3 Å². The van der Waals surface area contributed by atoms with Gasteiger partial charge < -0.3 is 9.72 Å². The molecule has 0 atom stereocenters. The molecule has 0 unspecified atom stereocenters. The van der Waals surface area contributed by atoms with Crippen LogP contribution in [0.15, 0.2) is 42.7 Å². The number of carbonyl (C=O) groups is 1. The number of nitrogens with zero attached hydrogens (tertiary/aromatic N) is 2. The van der Waals surface area contributed by atoms with Gasteiger partial charge in [0.05, 0.1) is 22.5 Å². The summed E-state index contributed by atoms with van der Waals surface area (Å²) in [5.41, 5.74) is -2.39. The van der Waals surface area contributed by atoms with Gasteiger partial charge >= 0.3 is 12.4 Å². The number of pyridine rings is 1. The molecular weight excluding hydrogens is 376 g/mol. The molecule has 0 bridgehead atoms. The first-order valence-electron chi connectivity index (χ1n) is 7.50. The molecular formula is C17H11F6N3O. The Bertz CT molecular complexity index is 987. The van der Waals surface area contributed by atoms with Gasteiger partial charge in [0.25, 0.3) is 5.91 Å². The minimum absolute atomic E-state index is 0.0307. The Morgan fingerprint density at radius 2 is 1.56 bits per heavy atom. The first-order chi connectivity index (χ1) is 12.4. The fraction of sp³-hybridized carbons (Fsp3) is 0.176. The van der Waals surface area contributed by atoms with Gasteiger partial charge in [0.15, 0.2) is 0 Å². The molecule has 0 saturated heterocycles. The molecule has 2 aromatic heterocycles. The van der Waals surface area contributed by atoms with E-state index in [0.29, 0.717) is 23.5 Å². The molecule has 2 heterocycles. The first kappa shape index (κ1) is 18.7. The van der Waals surface area contributed by atoms with Crippen LogP contribution < -0.4 is 5.32 Å². The fourth-order valence-electron chi connectivity index (χ4n) is 2.48. The number of imidazole rings is 1. The molecule has 0 saturated carbocycles. The molecule has 0 spiro atoms. The van der Waals surface area contributed by atoms with Crippen LogP contribution in [0, 0.1) is 6.92 Å². The molecule has 10 heteroatoms. The van der Waals surface area contributed by atoms with Gasteiger partial charge in [0.1, 0.15) is 5.65 Å². The number of rotatable bonds is 2. The lowest BCUT2D eigenvalue weighted by Gasteiger charge is -2.14. The number of benzene rings is 1. The van der Waals surface area contributed by atoms with Crippen LogP contribution in [0.5, 0.6) is 0 Å². The molecule has 142 valence electrons. The van der Waals surface area contributed by atoms with Gasteiger partial charge in [-0.2, -0.15) is 26.3 Å². The second-order valence-corrected chi connectivity index (χ2v) is 5.81. The number of anilines is 1. The lowest BCUT2D eigenvalue weighted by atomic mass is 10.0. The highest BCUT2D eigenvalue weighted by Gasteiger charge is 2.37. The maximum absolute atomic E-state index is 12.9. The van der Waals surface area contributed by atoms with Crippen LogP contribution in [0.3, 0.4) is 0 Å². The van der Waals surface area contributed by atoms with E-state index in [4.69, 9.17) is 0 Å². The van der Waals surface area contributed by atoms with Crippen molar-refractivity contribution in [2.24, 2.45) is 0 Å². The normalized spacial score (nSPS) is 12.4. The summed E-state index contributed by atoms with van der Waals surface area (Å²) >= 11 is 0. The number of carbonyl (C=O) groups excluding carboxylic acids is 1. The molecule has 0 aliphatic carbocycles. The van der Waals surface area contributed by atoms with E-state index in [-0.39, 0.29) is 11.8 Å². The highest BCUT2D eigenvalue weighted by Crippen LogP contribution is 2.36. The third-order valence-electron chi connectivity index (χ3n) is 3.68. The SMILES string of the molecule is Cc1cn2cc(NC(=O)c3cc(C(F)(F)F)cc(C(F)(F)F)c3)ccc2n1. The van der Waals surface area contributed by atoms with Crippen LogP contribution in [0.2, 0.25) is 0 Å². The molecule has 1 N–H and O–H groups in total. The van der Waals surface area contributed by atoms with E-state index in [1.54, 1.807) is 23.6 Å². The van der Waals surface area contributed by atoms with Crippen LogP contribution >= 0.6 is 0 Å². The lowest BCUT2D eigenvalue weighted by Crippen LogP contribution is -2.17. The van der Waals surface area contributed by atoms with Crippen LogP contribution in [0.4, 0.5) is 32.0 Å². The Hall–Kier alpha value is -3.04. The van der Waals surface area contributed by atoms with Crippen molar-refractivity contribution in [3.63, 3.8) is 0 Å². The van der Waals surface area contributed by atoms with Crippen molar-refractivity contribution < 1.29 is 31.1 Å². The summed E-state index contributed by atoms with van der Waals surface area (Å²) in [5, 5.41) is 2.29. The largest absolute Gasteiger partial charge is 0.416 e. The molecule has 1 amide bonds. The second-order valence-electron chi connectivity index (χ2n) is 5.81. The molecule has 1 aromatic carbocycles. The number of alkyl halides is 6. The lowest BCUT2D eigenvalue weighted by molar-refractivity contribution is -0.143. The molecule has 4 nitrogen and oxygen atoms in total. The second kappa shape index (κ2) is 6.29. The molecule has 0 aliphatic heterocycles. The van der Waals surface area contributed by atoms with E-state index in [1.807, 2.05) is 0 Å². The van der Waals surface area contributed by atoms with E-state index < -0.39 is 35.0 Å². The van der Waals surface area contributed by atoms with Gasteiger partial charge in [0, 0.05) is 18.0 Å². The predicted octanol–water partition coefficient (Wildman–Crippen LogP) is 4.93. The summed E-state index contributed by atoms with van der Waals surface area (Å²) in [6.07, 6.45) is -6.95. The molecule has 0 aliphatic rings. The van der Waals surface area contributed by atoms with Gasteiger partial charge in [-0.15, -0.1) is 0 Å². The summed E-state index contributed by atoms with van der Waals surface area (Å²) in [6, 6.07) is 3.72. The van der Waals surface area contributed by atoms with Gasteiger partial charge in [0.2, 0.25) is 0 Å². The highest BCUT2D eigenvalue weighted by molar-refractivity contribution is 6.04. The van der Waals surface area contributed by atoms with Gasteiger partial charge in [-0.25, -0.2) is 4.98 Å². The smallest absolute Gasteiger partial charge is 0.321 e. The number of aryl methyl sites for hydroxylation is 1. The Labute approximate surface area is 148 Å². The van der Waals surface area contributed by atoms with E-state index in [2.05, 4.69) is 10.3 Å². The summed E-state index contributed by atoms with van der Waals surface area (Å²) in [7, 11) is 0. The van der Waals surface area contributed by atoms with Gasteiger partial charge in [-0.1, -0.05) is 0 Å². The first-order valence-corrected chi connectivity index (χ1v) is 7.50. The minimum Gasteiger partial charge on any atom is -0.321 e. The number of fused-ring (bicyclic) bond motifs is 1. The number of hydrogen-bond donors (Lipinski definition) is 1. The summed E-state index contributed by atoms with van der Waals surface area (Å²) in [6.45, 7) is 1.74. The highest BCUT2D eigenvalue weighted by atomic mass is 19.4. The average Bonchev–Trinajstić information content (AvgIpc) is 2.92. The van der Waals surface area contributed by atoms with Crippen LogP contribution in [0.25, 0.3) is 5.65 Å². The van der Waals surface area contributed by atoms with Crippen molar-refractivity contribution in [1.82, 2.24) is 9.38 Å². The van der Waals surface area contributed by atoms with Crippen molar-refractivity contribution in [2.45, 2.75) is 19.3 Å². The molecule has 3 rings (SSSR count). The third kappa shape index (κ3) is 4.04. The quantitative estimate of drug-likeness (QED) is 0.634. The monoisotopic (exact) mass is 387 g/mol. The van der Waals surface area contributed by atoms with E-state index in [9.17, 15) is 31.1 Å². The molecule has 27 heavy (non-hydrogen) atoms. The average molecular weight is 387 g/mol. The molecule has 0 fully saturated rings. The zero-order valence-electron chi connectivity index (χ0n) is 13.6. The van der Waals surface area contributed by atoms with Crippen molar-refractivity contribution in [3.05, 3.63) is 65.1 Å². The van der Waals surface area contributed by atoms with Crippen molar-refractivity contribution in [1.29, 1.82) is 0 Å². The van der Waals surface area contributed by atoms with E-state index in [0.717, 1.165) is 0 Å². The molecule has 3 aromatic rings. The van der Waals surface area contributed by atoms with Crippen molar-refractivity contribution in [2.75, 3.05) is 5.32 Å². The number of amides is 1. The van der Waals surface area contributed by atoms with Crippen LogP contribution in [-0.4, -0.2) is 15.3 Å². The minimum atomic E-state index is -5.02.